The smallest absolute Gasteiger partial charge is 0.150 e. The van der Waals surface area contributed by atoms with Gasteiger partial charge in [-0.25, -0.2) is 0 Å². The second kappa shape index (κ2) is 11.0. The third-order valence-corrected chi connectivity index (χ3v) is 3.81. The van der Waals surface area contributed by atoms with Crippen LogP contribution in [0.4, 0.5) is 0 Å². The zero-order valence-electron chi connectivity index (χ0n) is 14.4. The van der Waals surface area contributed by atoms with Crippen LogP contribution in [-0.2, 0) is 0 Å². The van der Waals surface area contributed by atoms with Gasteiger partial charge in [0.05, 0.1) is 13.2 Å². The molecule has 0 N–H and O–H groups in total. The monoisotopic (exact) mass is 340 g/mol. The average molecular weight is 340 g/mol. The molecule has 2 aromatic rings. The van der Waals surface area contributed by atoms with Gasteiger partial charge in [0.15, 0.2) is 0 Å². The van der Waals surface area contributed by atoms with Gasteiger partial charge in [0, 0.05) is 11.1 Å². The van der Waals surface area contributed by atoms with Gasteiger partial charge in [-0.05, 0) is 37.1 Å². The second-order valence-corrected chi connectivity index (χ2v) is 5.85. The van der Waals surface area contributed by atoms with E-state index in [0.29, 0.717) is 24.3 Å². The highest BCUT2D eigenvalue weighted by atomic mass is 16.5. The van der Waals surface area contributed by atoms with Gasteiger partial charge in [-0.15, -0.1) is 0 Å². The first-order valence-corrected chi connectivity index (χ1v) is 8.68. The van der Waals surface area contributed by atoms with Crippen molar-refractivity contribution in [2.24, 2.45) is 0 Å². The molecule has 0 radical (unpaired) electrons. The lowest BCUT2D eigenvalue weighted by Crippen LogP contribution is -1.99. The Bertz CT molecular complexity index is 609. The Morgan fingerprint density at radius 2 is 1.08 bits per heavy atom. The Hall–Kier alpha value is -2.62. The lowest BCUT2D eigenvalue weighted by atomic mass is 10.1. The SMILES string of the molecule is O=Cc1cccc(OCCCCCCCOc2cccc(C=O)c2)c1. The summed E-state index contributed by atoms with van der Waals surface area (Å²) in [4.78, 5) is 21.4. The van der Waals surface area contributed by atoms with E-state index < -0.39 is 0 Å². The minimum absolute atomic E-state index is 0.635. The van der Waals surface area contributed by atoms with E-state index in [2.05, 4.69) is 0 Å². The summed E-state index contributed by atoms with van der Waals surface area (Å²) >= 11 is 0. The van der Waals surface area contributed by atoms with Crippen LogP contribution in [0.5, 0.6) is 11.5 Å². The molecule has 0 atom stereocenters. The normalized spacial score (nSPS) is 10.2. The van der Waals surface area contributed by atoms with Gasteiger partial charge in [-0.2, -0.15) is 0 Å². The molecule has 4 heteroatoms. The quantitative estimate of drug-likeness (QED) is 0.414. The summed E-state index contributed by atoms with van der Waals surface area (Å²) in [5.41, 5.74) is 1.27. The maximum Gasteiger partial charge on any atom is 0.150 e. The number of hydrogen-bond donors (Lipinski definition) is 0. The van der Waals surface area contributed by atoms with Crippen LogP contribution in [0, 0.1) is 0 Å². The molecule has 0 fully saturated rings. The van der Waals surface area contributed by atoms with Crippen molar-refractivity contribution < 1.29 is 19.1 Å². The molecule has 0 amide bonds. The predicted octanol–water partition coefficient (Wildman–Crippen LogP) is 4.72. The molecule has 0 unspecified atom stereocenters. The summed E-state index contributed by atoms with van der Waals surface area (Å²) in [6.45, 7) is 1.33. The van der Waals surface area contributed by atoms with Crippen LogP contribution in [-0.4, -0.2) is 25.8 Å². The van der Waals surface area contributed by atoms with Crippen LogP contribution < -0.4 is 9.47 Å². The Morgan fingerprint density at radius 1 is 0.640 bits per heavy atom. The molecule has 2 rings (SSSR count). The van der Waals surface area contributed by atoms with E-state index >= 15 is 0 Å². The fourth-order valence-corrected chi connectivity index (χ4v) is 2.47. The summed E-state index contributed by atoms with van der Waals surface area (Å²) in [7, 11) is 0. The summed E-state index contributed by atoms with van der Waals surface area (Å²) < 4.78 is 11.3. The van der Waals surface area contributed by atoms with Gasteiger partial charge in [-0.1, -0.05) is 43.5 Å². The number of aldehydes is 2. The summed E-state index contributed by atoms with van der Waals surface area (Å²) in [6, 6.07) is 14.4. The molecule has 0 spiro atoms. The van der Waals surface area contributed by atoms with E-state index in [1.54, 1.807) is 24.3 Å². The maximum absolute atomic E-state index is 10.7. The van der Waals surface area contributed by atoms with Crippen molar-refractivity contribution in [1.29, 1.82) is 0 Å². The third kappa shape index (κ3) is 7.21. The zero-order chi connectivity index (χ0) is 17.7. The van der Waals surface area contributed by atoms with E-state index in [1.807, 2.05) is 24.3 Å². The van der Waals surface area contributed by atoms with Gasteiger partial charge >= 0.3 is 0 Å². The minimum atomic E-state index is 0.635. The molecule has 0 saturated heterocycles. The van der Waals surface area contributed by atoms with Crippen molar-refractivity contribution in [3.63, 3.8) is 0 Å². The predicted molar refractivity (Wildman–Crippen MR) is 97.7 cm³/mol. The molecule has 0 aliphatic rings. The van der Waals surface area contributed by atoms with E-state index in [4.69, 9.17) is 9.47 Å². The third-order valence-electron chi connectivity index (χ3n) is 3.81. The largest absolute Gasteiger partial charge is 0.494 e. The van der Waals surface area contributed by atoms with Crippen LogP contribution in [0.2, 0.25) is 0 Å². The lowest BCUT2D eigenvalue weighted by Gasteiger charge is -2.07. The molecule has 0 aromatic heterocycles. The van der Waals surface area contributed by atoms with Crippen LogP contribution in [0.25, 0.3) is 0 Å². The molecular weight excluding hydrogens is 316 g/mol. The average Bonchev–Trinajstić information content (AvgIpc) is 2.67. The van der Waals surface area contributed by atoms with E-state index in [9.17, 15) is 9.59 Å². The topological polar surface area (TPSA) is 52.6 Å². The molecule has 0 aliphatic carbocycles. The maximum atomic E-state index is 10.7. The highest BCUT2D eigenvalue weighted by Crippen LogP contribution is 2.14. The number of unbranched alkanes of at least 4 members (excludes halogenated alkanes) is 4. The van der Waals surface area contributed by atoms with Crippen molar-refractivity contribution in [3.05, 3.63) is 59.7 Å². The standard InChI is InChI=1S/C21H24O4/c22-16-18-8-6-10-20(14-18)24-12-4-2-1-3-5-13-25-21-11-7-9-19(15-21)17-23/h6-11,14-17H,1-5,12-13H2. The van der Waals surface area contributed by atoms with E-state index in [-0.39, 0.29) is 0 Å². The van der Waals surface area contributed by atoms with Gasteiger partial charge in [0.25, 0.3) is 0 Å². The molecule has 25 heavy (non-hydrogen) atoms. The zero-order valence-corrected chi connectivity index (χ0v) is 14.4. The van der Waals surface area contributed by atoms with Crippen molar-refractivity contribution in [2.75, 3.05) is 13.2 Å². The van der Waals surface area contributed by atoms with Gasteiger partial charge in [0.2, 0.25) is 0 Å². The van der Waals surface area contributed by atoms with Gasteiger partial charge in [-0.3, -0.25) is 9.59 Å². The molecule has 0 saturated carbocycles. The Labute approximate surface area is 148 Å². The number of benzene rings is 2. The summed E-state index contributed by atoms with van der Waals surface area (Å²) in [5, 5.41) is 0. The Morgan fingerprint density at radius 3 is 1.52 bits per heavy atom. The van der Waals surface area contributed by atoms with Crippen LogP contribution >= 0.6 is 0 Å². The van der Waals surface area contributed by atoms with Crippen LogP contribution in [0.3, 0.4) is 0 Å². The number of ether oxygens (including phenoxy) is 2. The van der Waals surface area contributed by atoms with Crippen molar-refractivity contribution in [2.45, 2.75) is 32.1 Å². The first-order chi connectivity index (χ1) is 12.3. The number of hydrogen-bond acceptors (Lipinski definition) is 4. The second-order valence-electron chi connectivity index (χ2n) is 5.85. The highest BCUT2D eigenvalue weighted by Gasteiger charge is 1.98. The first-order valence-electron chi connectivity index (χ1n) is 8.68. The number of carbonyl (C=O) groups is 2. The first kappa shape index (κ1) is 18.7. The summed E-state index contributed by atoms with van der Waals surface area (Å²) in [5.74, 6) is 1.49. The van der Waals surface area contributed by atoms with Crippen LogP contribution in [0.1, 0.15) is 52.8 Å². The van der Waals surface area contributed by atoms with E-state index in [0.717, 1.165) is 56.2 Å². The Balaban J connectivity index is 1.49. The van der Waals surface area contributed by atoms with Gasteiger partial charge in [0.1, 0.15) is 24.1 Å². The minimum Gasteiger partial charge on any atom is -0.494 e. The van der Waals surface area contributed by atoms with E-state index in [1.165, 1.54) is 0 Å². The van der Waals surface area contributed by atoms with Crippen molar-refractivity contribution >= 4 is 12.6 Å². The van der Waals surface area contributed by atoms with Crippen LogP contribution in [0.15, 0.2) is 48.5 Å². The molecule has 4 nitrogen and oxygen atoms in total. The fourth-order valence-electron chi connectivity index (χ4n) is 2.47. The number of carbonyl (C=O) groups excluding carboxylic acids is 2. The fraction of sp³-hybridized carbons (Fsp3) is 0.333. The molecule has 0 heterocycles. The molecule has 2 aromatic carbocycles. The highest BCUT2D eigenvalue weighted by molar-refractivity contribution is 5.75. The lowest BCUT2D eigenvalue weighted by molar-refractivity contribution is 0.111. The van der Waals surface area contributed by atoms with Gasteiger partial charge < -0.3 is 9.47 Å². The molecular formula is C21H24O4. The molecule has 0 bridgehead atoms. The van der Waals surface area contributed by atoms with Crippen molar-refractivity contribution in [1.82, 2.24) is 0 Å². The Kier molecular flexibility index (Phi) is 8.25. The number of rotatable bonds is 12. The van der Waals surface area contributed by atoms with Crippen molar-refractivity contribution in [3.8, 4) is 11.5 Å². The molecule has 0 aliphatic heterocycles. The summed E-state index contributed by atoms with van der Waals surface area (Å²) in [6.07, 6.45) is 6.98. The molecule has 132 valence electrons.